The molecule has 4 N–H and O–H groups in total. The Morgan fingerprint density at radius 2 is 1.89 bits per heavy atom. The first-order valence-corrected chi connectivity index (χ1v) is 5.24. The number of hydrogen-bond donors (Lipinski definition) is 2. The summed E-state index contributed by atoms with van der Waals surface area (Å²) >= 11 is 0. The molecular formula is C13H14N2O3. The molecule has 5 nitrogen and oxygen atoms in total. The van der Waals surface area contributed by atoms with Gasteiger partial charge in [0.25, 0.3) is 5.82 Å². The van der Waals surface area contributed by atoms with Crippen molar-refractivity contribution in [2.75, 3.05) is 5.73 Å². The Morgan fingerprint density at radius 3 is 2.28 bits per heavy atom. The van der Waals surface area contributed by atoms with Gasteiger partial charge in [-0.1, -0.05) is 30.0 Å². The standard InChI is InChI=1S/C7H6O3.C6H8N2/c8-6-4-2-1-3-5(6)7(9)10;1-5-3-2-4-6(7)8-5/h1-4,8H,(H,9,10);2-4H,1H3,(H2,7,8). The van der Waals surface area contributed by atoms with E-state index in [9.17, 15) is 9.90 Å². The Morgan fingerprint density at radius 1 is 1.22 bits per heavy atom. The van der Waals surface area contributed by atoms with Crippen LogP contribution < -0.4 is 15.8 Å². The number of anilines is 1. The number of nitrogens with one attached hydrogen (secondary N) is 1. The van der Waals surface area contributed by atoms with Crippen LogP contribution in [0, 0.1) is 6.92 Å². The Hall–Kier alpha value is -2.56. The predicted molar refractivity (Wildman–Crippen MR) is 65.0 cm³/mol. The van der Waals surface area contributed by atoms with Crippen LogP contribution in [0.2, 0.25) is 0 Å². The van der Waals surface area contributed by atoms with Gasteiger partial charge in [0.1, 0.15) is 0 Å². The van der Waals surface area contributed by atoms with Crippen molar-refractivity contribution >= 4 is 11.8 Å². The van der Waals surface area contributed by atoms with Gasteiger partial charge in [-0.3, -0.25) is 5.73 Å². The molecule has 0 saturated heterocycles. The van der Waals surface area contributed by atoms with Gasteiger partial charge in [-0.2, -0.15) is 0 Å². The van der Waals surface area contributed by atoms with E-state index in [1.165, 1.54) is 24.3 Å². The fourth-order valence-electron chi connectivity index (χ4n) is 1.25. The van der Waals surface area contributed by atoms with E-state index in [1.807, 2.05) is 25.1 Å². The Bertz CT molecular complexity index is 524. The summed E-state index contributed by atoms with van der Waals surface area (Å²) in [5.74, 6) is -0.911. The van der Waals surface area contributed by atoms with Gasteiger partial charge in [0.15, 0.2) is 0 Å². The molecule has 0 aliphatic rings. The van der Waals surface area contributed by atoms with Crippen LogP contribution in [-0.4, -0.2) is 11.1 Å². The van der Waals surface area contributed by atoms with E-state index in [2.05, 4.69) is 4.98 Å². The number of aromatic amines is 1. The number of pyridine rings is 1. The molecule has 1 aromatic heterocycles. The highest BCUT2D eigenvalue weighted by atomic mass is 16.4. The highest BCUT2D eigenvalue weighted by Crippen LogP contribution is 2.10. The first-order valence-electron chi connectivity index (χ1n) is 5.24. The molecule has 0 unspecified atom stereocenters. The smallest absolute Gasteiger partial charge is 0.335 e. The number of aryl methyl sites for hydroxylation is 1. The molecule has 0 amide bonds. The summed E-state index contributed by atoms with van der Waals surface area (Å²) in [5.41, 5.74) is 6.31. The van der Waals surface area contributed by atoms with E-state index in [0.29, 0.717) is 5.82 Å². The van der Waals surface area contributed by atoms with Crippen LogP contribution in [0.25, 0.3) is 0 Å². The van der Waals surface area contributed by atoms with Crippen molar-refractivity contribution in [3.63, 3.8) is 0 Å². The molecule has 1 aromatic carbocycles. The molecular weight excluding hydrogens is 232 g/mol. The maximum Gasteiger partial charge on any atom is 0.335 e. The summed E-state index contributed by atoms with van der Waals surface area (Å²) in [6.45, 7) is 1.97. The predicted octanol–water partition coefficient (Wildman–Crippen LogP) is 0.850. The van der Waals surface area contributed by atoms with Gasteiger partial charge in [-0.05, 0) is 19.1 Å². The van der Waals surface area contributed by atoms with Crippen LogP contribution in [0.1, 0.15) is 16.1 Å². The molecule has 0 bridgehead atoms. The highest BCUT2D eigenvalue weighted by molar-refractivity contribution is 5.90. The van der Waals surface area contributed by atoms with E-state index in [-0.39, 0.29) is 5.56 Å². The van der Waals surface area contributed by atoms with Crippen molar-refractivity contribution in [2.45, 2.75) is 6.92 Å². The number of carbonyl (C=O) groups is 1. The number of hydrogen-bond acceptors (Lipinski definition) is 3. The van der Waals surface area contributed by atoms with Crippen LogP contribution in [0.3, 0.4) is 0 Å². The fraction of sp³-hybridized carbons (Fsp3) is 0.0769. The summed E-state index contributed by atoms with van der Waals surface area (Å²) in [5, 5.41) is 19.0. The minimum atomic E-state index is -1.18. The number of H-pyrrole nitrogens is 1. The van der Waals surface area contributed by atoms with Crippen LogP contribution in [0.5, 0.6) is 5.75 Å². The number of benzene rings is 1. The number of nitrogens with two attached hydrogens (primary N) is 1. The Kier molecular flexibility index (Phi) is 4.68. The van der Waals surface area contributed by atoms with Crippen molar-refractivity contribution in [3.05, 3.63) is 53.7 Å². The maximum absolute atomic E-state index is 10.7. The molecule has 0 spiro atoms. The van der Waals surface area contributed by atoms with E-state index in [1.54, 1.807) is 0 Å². The molecule has 2 rings (SSSR count). The quantitative estimate of drug-likeness (QED) is 0.778. The maximum atomic E-state index is 10.7. The van der Waals surface area contributed by atoms with E-state index < -0.39 is 11.7 Å². The first-order chi connectivity index (χ1) is 8.50. The highest BCUT2D eigenvalue weighted by Gasteiger charge is 1.99. The molecule has 0 fully saturated rings. The van der Waals surface area contributed by atoms with Gasteiger partial charge < -0.3 is 10.2 Å². The minimum absolute atomic E-state index is 0.178. The second-order valence-electron chi connectivity index (χ2n) is 3.59. The Labute approximate surface area is 105 Å². The van der Waals surface area contributed by atoms with Crippen molar-refractivity contribution in [2.24, 2.45) is 0 Å². The monoisotopic (exact) mass is 246 g/mol. The number of carboxylic acid groups (broad SMARTS) is 1. The third-order valence-electron chi connectivity index (χ3n) is 2.08. The summed E-state index contributed by atoms with van der Waals surface area (Å²) in [7, 11) is 0. The third-order valence-corrected chi connectivity index (χ3v) is 2.08. The van der Waals surface area contributed by atoms with Gasteiger partial charge >= 0.3 is 5.97 Å². The van der Waals surface area contributed by atoms with Crippen molar-refractivity contribution in [1.29, 1.82) is 0 Å². The van der Waals surface area contributed by atoms with E-state index in [4.69, 9.17) is 10.8 Å². The fourth-order valence-corrected chi connectivity index (χ4v) is 1.25. The normalized spacial score (nSPS) is 9.17. The molecule has 0 aliphatic heterocycles. The van der Waals surface area contributed by atoms with Crippen LogP contribution in [0.15, 0.2) is 42.5 Å². The summed E-state index contributed by atoms with van der Waals surface area (Å²) in [6.07, 6.45) is 0. The number of para-hydroxylation sites is 1. The number of carboxylic acids is 1. The lowest BCUT2D eigenvalue weighted by molar-refractivity contribution is -0.370. The second kappa shape index (κ2) is 6.24. The lowest BCUT2D eigenvalue weighted by Gasteiger charge is -2.07. The number of aromatic nitrogens is 1. The average Bonchev–Trinajstić information content (AvgIpc) is 2.29. The number of rotatable bonds is 1. The van der Waals surface area contributed by atoms with E-state index in [0.717, 1.165) is 5.69 Å². The largest absolute Gasteiger partial charge is 0.872 e. The first kappa shape index (κ1) is 13.5. The third kappa shape index (κ3) is 4.13. The van der Waals surface area contributed by atoms with Crippen LogP contribution in [0.4, 0.5) is 5.82 Å². The zero-order chi connectivity index (χ0) is 13.5. The second-order valence-corrected chi connectivity index (χ2v) is 3.59. The van der Waals surface area contributed by atoms with E-state index >= 15 is 0 Å². The molecule has 1 heterocycles. The number of nitrogen functional groups attached to an aromatic ring is 1. The molecule has 0 atom stereocenters. The van der Waals surface area contributed by atoms with Crippen LogP contribution in [-0.2, 0) is 0 Å². The lowest BCUT2D eigenvalue weighted by atomic mass is 10.2. The molecule has 0 saturated carbocycles. The molecule has 94 valence electrons. The molecule has 18 heavy (non-hydrogen) atoms. The Balaban J connectivity index is 0.000000184. The summed E-state index contributed by atoms with van der Waals surface area (Å²) in [6, 6.07) is 11.2. The van der Waals surface area contributed by atoms with Crippen molar-refractivity contribution in [1.82, 2.24) is 0 Å². The average molecular weight is 246 g/mol. The zero-order valence-corrected chi connectivity index (χ0v) is 9.88. The molecule has 0 radical (unpaired) electrons. The van der Waals surface area contributed by atoms with Crippen molar-refractivity contribution in [3.8, 4) is 5.75 Å². The van der Waals surface area contributed by atoms with Gasteiger partial charge in [-0.15, -0.1) is 0 Å². The molecule has 2 aromatic rings. The minimum Gasteiger partial charge on any atom is -0.872 e. The summed E-state index contributed by atoms with van der Waals surface area (Å²) < 4.78 is 0. The topological polar surface area (TPSA) is 101 Å². The van der Waals surface area contributed by atoms with Gasteiger partial charge in [0.2, 0.25) is 0 Å². The summed E-state index contributed by atoms with van der Waals surface area (Å²) in [4.78, 5) is 13.2. The SMILES string of the molecule is Cc1cccc(N)[nH+]1.O=C(O)c1ccccc1[O-]. The molecule has 0 aliphatic carbocycles. The van der Waals surface area contributed by atoms with Gasteiger partial charge in [-0.25, -0.2) is 9.78 Å². The van der Waals surface area contributed by atoms with Crippen LogP contribution >= 0.6 is 0 Å². The van der Waals surface area contributed by atoms with Crippen molar-refractivity contribution < 1.29 is 20.0 Å². The number of aromatic carboxylic acids is 1. The van der Waals surface area contributed by atoms with Gasteiger partial charge in [0.05, 0.1) is 11.3 Å². The lowest BCUT2D eigenvalue weighted by Crippen LogP contribution is -2.12. The van der Waals surface area contributed by atoms with Gasteiger partial charge in [0, 0.05) is 6.07 Å². The molecule has 5 heteroatoms. The zero-order valence-electron chi connectivity index (χ0n) is 9.88.